The fraction of sp³-hybridized carbons (Fsp3) is 0.500. The predicted molar refractivity (Wildman–Crippen MR) is 71.4 cm³/mol. The van der Waals surface area contributed by atoms with E-state index in [0.717, 1.165) is 18.5 Å². The number of halogens is 2. The first-order chi connectivity index (χ1) is 8.00. The molecule has 1 aromatic carbocycles. The van der Waals surface area contributed by atoms with Gasteiger partial charge < -0.3 is 5.32 Å². The lowest BCUT2D eigenvalue weighted by Crippen LogP contribution is -2.21. The van der Waals surface area contributed by atoms with E-state index < -0.39 is 10.8 Å². The van der Waals surface area contributed by atoms with Gasteiger partial charge in [0.2, 0.25) is 0 Å². The van der Waals surface area contributed by atoms with Crippen molar-refractivity contribution in [2.24, 2.45) is 0 Å². The summed E-state index contributed by atoms with van der Waals surface area (Å²) < 4.78 is 23.7. The van der Waals surface area contributed by atoms with Gasteiger partial charge in [0.25, 0.3) is 0 Å². The highest BCUT2D eigenvalue weighted by atomic mass is 35.5. The van der Waals surface area contributed by atoms with Crippen LogP contribution >= 0.6 is 11.6 Å². The third-order valence-corrected chi connectivity index (χ3v) is 3.68. The Morgan fingerprint density at radius 1 is 1.53 bits per heavy atom. The zero-order valence-electron chi connectivity index (χ0n) is 10.0. The summed E-state index contributed by atoms with van der Waals surface area (Å²) in [5, 5.41) is 3.71. The Morgan fingerprint density at radius 2 is 2.24 bits per heavy atom. The highest BCUT2D eigenvalue weighted by Crippen LogP contribution is 2.23. The minimum atomic E-state index is -0.748. The molecule has 0 aliphatic rings. The van der Waals surface area contributed by atoms with E-state index in [1.54, 1.807) is 12.3 Å². The van der Waals surface area contributed by atoms with Crippen LogP contribution in [0.2, 0.25) is 5.02 Å². The molecule has 0 aliphatic heterocycles. The SMILES string of the molecule is CC(NCCCS(C)=O)c1ccc(F)cc1Cl. The fourth-order valence-corrected chi connectivity index (χ4v) is 2.44. The van der Waals surface area contributed by atoms with Crippen molar-refractivity contribution in [3.8, 4) is 0 Å². The van der Waals surface area contributed by atoms with Gasteiger partial charge in [-0.1, -0.05) is 17.7 Å². The molecule has 2 atom stereocenters. The van der Waals surface area contributed by atoms with Crippen LogP contribution < -0.4 is 5.32 Å². The molecule has 0 aromatic heterocycles. The Kier molecular flexibility index (Phi) is 6.09. The minimum Gasteiger partial charge on any atom is -0.310 e. The topological polar surface area (TPSA) is 29.1 Å². The molecule has 1 N–H and O–H groups in total. The summed E-state index contributed by atoms with van der Waals surface area (Å²) in [7, 11) is -0.748. The van der Waals surface area contributed by atoms with Crippen LogP contribution in [0.4, 0.5) is 4.39 Å². The van der Waals surface area contributed by atoms with Crippen molar-refractivity contribution in [2.45, 2.75) is 19.4 Å². The van der Waals surface area contributed by atoms with E-state index in [1.807, 2.05) is 6.92 Å². The molecular weight excluding hydrogens is 261 g/mol. The van der Waals surface area contributed by atoms with Crippen LogP contribution in [-0.2, 0) is 10.8 Å². The molecule has 0 saturated heterocycles. The van der Waals surface area contributed by atoms with E-state index in [-0.39, 0.29) is 11.9 Å². The van der Waals surface area contributed by atoms with Crippen LogP contribution in [-0.4, -0.2) is 22.8 Å². The molecule has 0 heterocycles. The maximum atomic E-state index is 12.9. The Hall–Kier alpha value is -0.450. The van der Waals surface area contributed by atoms with Gasteiger partial charge in [-0.05, 0) is 37.6 Å². The molecule has 0 bridgehead atoms. The highest BCUT2D eigenvalue weighted by molar-refractivity contribution is 7.84. The van der Waals surface area contributed by atoms with Gasteiger partial charge in [0.05, 0.1) is 0 Å². The molecule has 5 heteroatoms. The Morgan fingerprint density at radius 3 is 2.82 bits per heavy atom. The van der Waals surface area contributed by atoms with Gasteiger partial charge in [0, 0.05) is 33.9 Å². The first-order valence-electron chi connectivity index (χ1n) is 5.49. The van der Waals surface area contributed by atoms with Crippen LogP contribution in [0.15, 0.2) is 18.2 Å². The maximum Gasteiger partial charge on any atom is 0.124 e. The normalized spacial score (nSPS) is 14.6. The molecule has 0 saturated carbocycles. The van der Waals surface area contributed by atoms with E-state index in [1.165, 1.54) is 12.1 Å². The first-order valence-corrected chi connectivity index (χ1v) is 7.59. The molecule has 2 unspecified atom stereocenters. The van der Waals surface area contributed by atoms with Crippen molar-refractivity contribution in [1.29, 1.82) is 0 Å². The second kappa shape index (κ2) is 7.09. The summed E-state index contributed by atoms with van der Waals surface area (Å²) in [4.78, 5) is 0. The molecular formula is C12H17ClFNOS. The van der Waals surface area contributed by atoms with Crippen molar-refractivity contribution in [2.75, 3.05) is 18.6 Å². The first kappa shape index (κ1) is 14.6. The van der Waals surface area contributed by atoms with E-state index in [9.17, 15) is 8.60 Å². The Labute approximate surface area is 109 Å². The van der Waals surface area contributed by atoms with Crippen molar-refractivity contribution >= 4 is 22.4 Å². The van der Waals surface area contributed by atoms with E-state index >= 15 is 0 Å². The molecule has 0 aliphatic carbocycles. The summed E-state index contributed by atoms with van der Waals surface area (Å²) in [6.45, 7) is 2.75. The zero-order valence-corrected chi connectivity index (χ0v) is 11.6. The van der Waals surface area contributed by atoms with Crippen molar-refractivity contribution in [3.05, 3.63) is 34.6 Å². The van der Waals surface area contributed by atoms with Crippen LogP contribution in [0.1, 0.15) is 24.9 Å². The third-order valence-electron chi connectivity index (χ3n) is 2.49. The number of nitrogens with one attached hydrogen (secondary N) is 1. The van der Waals surface area contributed by atoms with E-state index in [2.05, 4.69) is 5.32 Å². The molecule has 0 fully saturated rings. The molecule has 0 amide bonds. The van der Waals surface area contributed by atoms with Crippen molar-refractivity contribution < 1.29 is 8.60 Å². The van der Waals surface area contributed by atoms with Crippen LogP contribution in [0.3, 0.4) is 0 Å². The average molecular weight is 278 g/mol. The highest BCUT2D eigenvalue weighted by Gasteiger charge is 2.09. The molecule has 0 spiro atoms. The summed E-state index contributed by atoms with van der Waals surface area (Å²) in [6.07, 6.45) is 2.55. The standard InChI is InChI=1S/C12H17ClFNOS/c1-9(15-6-3-7-17(2)16)11-5-4-10(14)8-12(11)13/h4-5,8-9,15H,3,6-7H2,1-2H3. The van der Waals surface area contributed by atoms with Gasteiger partial charge in [0.15, 0.2) is 0 Å². The van der Waals surface area contributed by atoms with Crippen LogP contribution in [0.5, 0.6) is 0 Å². The summed E-state index contributed by atoms with van der Waals surface area (Å²) in [6, 6.07) is 4.47. The van der Waals surface area contributed by atoms with Gasteiger partial charge in [-0.25, -0.2) is 4.39 Å². The Bertz CT molecular complexity index is 400. The summed E-state index contributed by atoms with van der Waals surface area (Å²) >= 11 is 5.96. The van der Waals surface area contributed by atoms with Gasteiger partial charge >= 0.3 is 0 Å². The molecule has 17 heavy (non-hydrogen) atoms. The molecule has 2 nitrogen and oxygen atoms in total. The molecule has 0 radical (unpaired) electrons. The number of hydrogen-bond donors (Lipinski definition) is 1. The minimum absolute atomic E-state index is 0.0633. The lowest BCUT2D eigenvalue weighted by Gasteiger charge is -2.15. The fourth-order valence-electron chi connectivity index (χ4n) is 1.56. The second-order valence-electron chi connectivity index (χ2n) is 3.97. The second-order valence-corrected chi connectivity index (χ2v) is 5.93. The zero-order chi connectivity index (χ0) is 12.8. The quantitative estimate of drug-likeness (QED) is 0.810. The lowest BCUT2D eigenvalue weighted by atomic mass is 10.1. The average Bonchev–Trinajstić information content (AvgIpc) is 2.23. The van der Waals surface area contributed by atoms with Gasteiger partial charge in [0.1, 0.15) is 5.82 Å². The largest absolute Gasteiger partial charge is 0.310 e. The number of hydrogen-bond acceptors (Lipinski definition) is 2. The monoisotopic (exact) mass is 277 g/mol. The number of benzene rings is 1. The summed E-state index contributed by atoms with van der Waals surface area (Å²) in [5.74, 6) is 0.365. The van der Waals surface area contributed by atoms with E-state index in [4.69, 9.17) is 11.6 Å². The van der Waals surface area contributed by atoms with E-state index in [0.29, 0.717) is 10.8 Å². The maximum absolute atomic E-state index is 12.9. The summed E-state index contributed by atoms with van der Waals surface area (Å²) in [5.41, 5.74) is 0.880. The van der Waals surface area contributed by atoms with Gasteiger partial charge in [-0.15, -0.1) is 0 Å². The molecule has 96 valence electrons. The van der Waals surface area contributed by atoms with Crippen molar-refractivity contribution in [3.63, 3.8) is 0 Å². The van der Waals surface area contributed by atoms with Crippen LogP contribution in [0, 0.1) is 5.82 Å². The van der Waals surface area contributed by atoms with Gasteiger partial charge in [-0.3, -0.25) is 4.21 Å². The lowest BCUT2D eigenvalue weighted by molar-refractivity contribution is 0.567. The van der Waals surface area contributed by atoms with Gasteiger partial charge in [-0.2, -0.15) is 0 Å². The van der Waals surface area contributed by atoms with Crippen molar-refractivity contribution in [1.82, 2.24) is 5.32 Å². The molecule has 1 aromatic rings. The number of rotatable bonds is 6. The predicted octanol–water partition coefficient (Wildman–Crippen LogP) is 2.90. The van der Waals surface area contributed by atoms with Crippen LogP contribution in [0.25, 0.3) is 0 Å². The smallest absolute Gasteiger partial charge is 0.124 e. The third kappa shape index (κ3) is 5.15. The Balaban J connectivity index is 2.46. The molecule has 1 rings (SSSR count).